The minimum Gasteiger partial charge on any atom is -0.491 e. The molecule has 3 rings (SSSR count). The molecule has 0 amide bonds. The third-order valence-corrected chi connectivity index (χ3v) is 3.10. The highest BCUT2D eigenvalue weighted by Gasteiger charge is 2.08. The van der Waals surface area contributed by atoms with Crippen molar-refractivity contribution in [3.05, 3.63) is 52.7 Å². The van der Waals surface area contributed by atoms with Crippen molar-refractivity contribution in [1.29, 1.82) is 0 Å². The molecule has 7 nitrogen and oxygen atoms in total. The van der Waals surface area contributed by atoms with E-state index in [2.05, 4.69) is 14.7 Å². The second-order valence-corrected chi connectivity index (χ2v) is 4.69. The maximum atomic E-state index is 12.2. The van der Waals surface area contributed by atoms with Crippen molar-refractivity contribution in [2.24, 2.45) is 0 Å². The van der Waals surface area contributed by atoms with Gasteiger partial charge in [0.15, 0.2) is 5.75 Å². The number of aromatic nitrogens is 3. The van der Waals surface area contributed by atoms with Crippen molar-refractivity contribution >= 4 is 5.65 Å². The van der Waals surface area contributed by atoms with Gasteiger partial charge in [0, 0.05) is 17.8 Å². The van der Waals surface area contributed by atoms with Crippen LogP contribution in [0.5, 0.6) is 23.1 Å². The highest BCUT2D eigenvalue weighted by molar-refractivity contribution is 5.44. The standard InChI is InChI=1S/C15H12FN3O4/c1-9-5-17-13-3-2-10(7-19(13)15(9)21)23-11-4-12(22-8-16)14(20)18-6-11/h2-7H,8H2,1H3,(H,18,20). The summed E-state index contributed by atoms with van der Waals surface area (Å²) < 4.78 is 23.7. The van der Waals surface area contributed by atoms with Gasteiger partial charge in [-0.15, -0.1) is 0 Å². The van der Waals surface area contributed by atoms with Crippen LogP contribution in [0.15, 0.2) is 41.6 Å². The van der Waals surface area contributed by atoms with Crippen LogP contribution in [0.3, 0.4) is 0 Å². The topological polar surface area (TPSA) is 86.0 Å². The largest absolute Gasteiger partial charge is 0.491 e. The molecule has 0 aromatic carbocycles. The first kappa shape index (κ1) is 14.8. The normalized spacial score (nSPS) is 10.7. The van der Waals surface area contributed by atoms with Crippen LogP contribution < -0.4 is 15.0 Å². The fourth-order valence-corrected chi connectivity index (χ4v) is 1.99. The van der Waals surface area contributed by atoms with Crippen LogP contribution in [-0.2, 0) is 0 Å². The number of rotatable bonds is 4. The van der Waals surface area contributed by atoms with E-state index in [0.717, 1.165) is 0 Å². The van der Waals surface area contributed by atoms with Gasteiger partial charge in [-0.3, -0.25) is 9.20 Å². The molecule has 0 spiro atoms. The molecule has 0 saturated carbocycles. The van der Waals surface area contributed by atoms with Crippen molar-refractivity contribution in [1.82, 2.24) is 14.4 Å². The third-order valence-electron chi connectivity index (χ3n) is 3.10. The molecule has 0 radical (unpaired) electrons. The Labute approximate surface area is 129 Å². The first-order chi connectivity index (χ1) is 11.1. The molecule has 0 saturated heterocycles. The van der Waals surface area contributed by atoms with E-state index in [1.807, 2.05) is 0 Å². The summed E-state index contributed by atoms with van der Waals surface area (Å²) >= 11 is 0. The van der Waals surface area contributed by atoms with E-state index >= 15 is 0 Å². The van der Waals surface area contributed by atoms with E-state index in [4.69, 9.17) is 4.74 Å². The lowest BCUT2D eigenvalue weighted by molar-refractivity contribution is 0.183. The van der Waals surface area contributed by atoms with Gasteiger partial charge in [0.1, 0.15) is 17.1 Å². The van der Waals surface area contributed by atoms with Crippen molar-refractivity contribution in [2.75, 3.05) is 6.86 Å². The molecular weight excluding hydrogens is 305 g/mol. The highest BCUT2D eigenvalue weighted by atomic mass is 19.1. The summed E-state index contributed by atoms with van der Waals surface area (Å²) in [7, 11) is 0. The maximum absolute atomic E-state index is 12.2. The minimum absolute atomic E-state index is 0.138. The first-order valence-electron chi connectivity index (χ1n) is 6.62. The molecule has 0 aliphatic carbocycles. The van der Waals surface area contributed by atoms with Gasteiger partial charge in [-0.2, -0.15) is 0 Å². The predicted molar refractivity (Wildman–Crippen MR) is 78.8 cm³/mol. The Hall–Kier alpha value is -3.16. The van der Waals surface area contributed by atoms with Gasteiger partial charge in [0.2, 0.25) is 6.86 Å². The van der Waals surface area contributed by atoms with Gasteiger partial charge < -0.3 is 14.6 Å². The Bertz CT molecular complexity index is 926. The number of halogens is 1. The molecular formula is C15H12FN3O4. The van der Waals surface area contributed by atoms with Gasteiger partial charge in [-0.1, -0.05) is 0 Å². The Morgan fingerprint density at radius 1 is 1.26 bits per heavy atom. The van der Waals surface area contributed by atoms with Crippen LogP contribution in [0.25, 0.3) is 5.65 Å². The number of hydrogen-bond acceptors (Lipinski definition) is 6. The molecule has 0 bridgehead atoms. The number of pyridine rings is 2. The molecule has 3 aromatic heterocycles. The molecule has 8 heteroatoms. The fraction of sp³-hybridized carbons (Fsp3) is 0.133. The predicted octanol–water partition coefficient (Wildman–Crippen LogP) is 2.20. The van der Waals surface area contributed by atoms with Crippen LogP contribution in [0.2, 0.25) is 0 Å². The summed E-state index contributed by atoms with van der Waals surface area (Å²) in [5.74, 6) is -0.00466. The van der Waals surface area contributed by atoms with Crippen molar-refractivity contribution in [3.8, 4) is 23.1 Å². The molecule has 0 unspecified atom stereocenters. The summed E-state index contributed by atoms with van der Waals surface area (Å²) in [5.41, 5.74) is 0.786. The SMILES string of the molecule is Cc1cnc2ccc(Oc3cnc(O)c(OCF)c3)cn2c1=O. The maximum Gasteiger partial charge on any atom is 0.260 e. The van der Waals surface area contributed by atoms with Crippen molar-refractivity contribution < 1.29 is 19.0 Å². The average Bonchev–Trinajstić information content (AvgIpc) is 2.55. The Morgan fingerprint density at radius 2 is 2.09 bits per heavy atom. The summed E-state index contributed by atoms with van der Waals surface area (Å²) in [6.45, 7) is 0.564. The molecule has 0 aliphatic heterocycles. The van der Waals surface area contributed by atoms with Gasteiger partial charge in [-0.25, -0.2) is 14.4 Å². The first-order valence-corrected chi connectivity index (χ1v) is 6.62. The number of ether oxygens (including phenoxy) is 2. The zero-order valence-corrected chi connectivity index (χ0v) is 12.1. The average molecular weight is 317 g/mol. The molecule has 0 atom stereocenters. The van der Waals surface area contributed by atoms with Gasteiger partial charge >= 0.3 is 0 Å². The number of hydrogen-bond donors (Lipinski definition) is 1. The second kappa shape index (κ2) is 5.91. The van der Waals surface area contributed by atoms with E-state index in [1.54, 1.807) is 19.1 Å². The minimum atomic E-state index is -1.10. The molecule has 1 N–H and O–H groups in total. The monoisotopic (exact) mass is 317 g/mol. The van der Waals surface area contributed by atoms with Gasteiger partial charge in [0.25, 0.3) is 11.4 Å². The van der Waals surface area contributed by atoms with Crippen LogP contribution in [0, 0.1) is 6.92 Å². The van der Waals surface area contributed by atoms with Crippen LogP contribution >= 0.6 is 0 Å². The summed E-state index contributed by atoms with van der Waals surface area (Å²) in [4.78, 5) is 19.9. The number of fused-ring (bicyclic) bond motifs is 1. The number of aryl methyl sites for hydroxylation is 1. The van der Waals surface area contributed by atoms with Crippen LogP contribution in [-0.4, -0.2) is 26.3 Å². The van der Waals surface area contributed by atoms with Gasteiger partial charge in [-0.05, 0) is 19.1 Å². The summed E-state index contributed by atoms with van der Waals surface area (Å²) in [5, 5.41) is 9.43. The Balaban J connectivity index is 1.97. The zero-order chi connectivity index (χ0) is 16.4. The summed E-state index contributed by atoms with van der Waals surface area (Å²) in [6, 6.07) is 4.55. The number of nitrogens with zero attached hydrogens (tertiary/aromatic N) is 3. The lowest BCUT2D eigenvalue weighted by atomic mass is 10.3. The fourth-order valence-electron chi connectivity index (χ4n) is 1.99. The zero-order valence-electron chi connectivity index (χ0n) is 12.1. The molecule has 0 fully saturated rings. The van der Waals surface area contributed by atoms with E-state index < -0.39 is 12.7 Å². The number of alkyl halides is 1. The smallest absolute Gasteiger partial charge is 0.260 e. The van der Waals surface area contributed by atoms with E-state index in [-0.39, 0.29) is 17.1 Å². The highest BCUT2D eigenvalue weighted by Crippen LogP contribution is 2.30. The molecule has 118 valence electrons. The van der Waals surface area contributed by atoms with Gasteiger partial charge in [0.05, 0.1) is 12.4 Å². The van der Waals surface area contributed by atoms with Crippen molar-refractivity contribution in [3.63, 3.8) is 0 Å². The second-order valence-electron chi connectivity index (χ2n) is 4.69. The van der Waals surface area contributed by atoms with E-state index in [1.165, 1.54) is 29.1 Å². The number of aromatic hydroxyl groups is 1. The molecule has 23 heavy (non-hydrogen) atoms. The van der Waals surface area contributed by atoms with Crippen LogP contribution in [0.1, 0.15) is 5.56 Å². The quantitative estimate of drug-likeness (QED) is 0.794. The van der Waals surface area contributed by atoms with E-state index in [9.17, 15) is 14.3 Å². The lowest BCUT2D eigenvalue weighted by Gasteiger charge is -2.09. The summed E-state index contributed by atoms with van der Waals surface area (Å²) in [6.07, 6.45) is 4.24. The molecule has 0 aliphatic rings. The van der Waals surface area contributed by atoms with E-state index in [0.29, 0.717) is 17.0 Å². The lowest BCUT2D eigenvalue weighted by Crippen LogP contribution is -2.16. The van der Waals surface area contributed by atoms with Crippen LogP contribution in [0.4, 0.5) is 4.39 Å². The Morgan fingerprint density at radius 3 is 2.87 bits per heavy atom. The third kappa shape index (κ3) is 2.91. The molecule has 3 heterocycles. The Kier molecular flexibility index (Phi) is 3.80. The van der Waals surface area contributed by atoms with Crippen molar-refractivity contribution in [2.45, 2.75) is 6.92 Å². The molecule has 3 aromatic rings.